The molecule has 5 nitrogen and oxygen atoms in total. The second-order valence-electron chi connectivity index (χ2n) is 5.20. The molecule has 0 spiro atoms. The van der Waals surface area contributed by atoms with E-state index in [9.17, 15) is 4.79 Å². The second-order valence-corrected chi connectivity index (χ2v) is 5.20. The first kappa shape index (κ1) is 14.8. The van der Waals surface area contributed by atoms with Crippen molar-refractivity contribution >= 4 is 11.7 Å². The maximum Gasteiger partial charge on any atom is 0.253 e. The second kappa shape index (κ2) is 7.24. The van der Waals surface area contributed by atoms with Crippen molar-refractivity contribution in [3.8, 4) is 0 Å². The van der Waals surface area contributed by atoms with Gasteiger partial charge in [0.05, 0.1) is 11.7 Å². The molecule has 2 unspecified atom stereocenters. The van der Waals surface area contributed by atoms with Crippen molar-refractivity contribution in [2.24, 2.45) is 0 Å². The number of amides is 1. The predicted octanol–water partition coefficient (Wildman–Crippen LogP) is 2.20. The number of ether oxygens (including phenoxy) is 1. The summed E-state index contributed by atoms with van der Waals surface area (Å²) in [7, 11) is 1.72. The van der Waals surface area contributed by atoms with Crippen molar-refractivity contribution in [2.75, 3.05) is 19.0 Å². The minimum Gasteiger partial charge on any atom is -0.381 e. The summed E-state index contributed by atoms with van der Waals surface area (Å²) in [5.74, 6) is 0.755. The third-order valence-electron chi connectivity index (χ3n) is 3.63. The third kappa shape index (κ3) is 3.93. The Morgan fingerprint density at radius 2 is 2.30 bits per heavy atom. The molecular formula is C15H23N3O2. The zero-order valence-corrected chi connectivity index (χ0v) is 12.2. The summed E-state index contributed by atoms with van der Waals surface area (Å²) in [6.45, 7) is 2.99. The van der Waals surface area contributed by atoms with Gasteiger partial charge >= 0.3 is 0 Å². The Balaban J connectivity index is 1.86. The van der Waals surface area contributed by atoms with Crippen LogP contribution in [0.25, 0.3) is 0 Å². The van der Waals surface area contributed by atoms with Crippen LogP contribution in [-0.4, -0.2) is 36.7 Å². The van der Waals surface area contributed by atoms with E-state index in [2.05, 4.69) is 22.5 Å². The Morgan fingerprint density at radius 1 is 1.45 bits per heavy atom. The highest BCUT2D eigenvalue weighted by atomic mass is 16.5. The number of rotatable bonds is 6. The number of anilines is 1. The Morgan fingerprint density at radius 3 is 2.90 bits per heavy atom. The van der Waals surface area contributed by atoms with E-state index in [1.54, 1.807) is 13.3 Å². The molecule has 20 heavy (non-hydrogen) atoms. The van der Waals surface area contributed by atoms with Crippen LogP contribution in [0.3, 0.4) is 0 Å². The molecule has 2 atom stereocenters. The monoisotopic (exact) mass is 277 g/mol. The number of hydrogen-bond donors (Lipinski definition) is 2. The minimum atomic E-state index is -0.0544. The fourth-order valence-electron chi connectivity index (χ4n) is 2.44. The van der Waals surface area contributed by atoms with Crippen LogP contribution in [0.15, 0.2) is 18.3 Å². The minimum absolute atomic E-state index is 0.0544. The number of nitrogens with zero attached hydrogens (tertiary/aromatic N) is 1. The topological polar surface area (TPSA) is 63.2 Å². The summed E-state index contributed by atoms with van der Waals surface area (Å²) in [6, 6.07) is 3.87. The van der Waals surface area contributed by atoms with Crippen molar-refractivity contribution in [3.05, 3.63) is 23.9 Å². The molecule has 0 aliphatic heterocycles. The lowest BCUT2D eigenvalue weighted by molar-refractivity contribution is 0.0914. The number of carbonyl (C=O) groups excluding carboxylic acids is 1. The van der Waals surface area contributed by atoms with Crippen molar-refractivity contribution in [1.29, 1.82) is 0 Å². The summed E-state index contributed by atoms with van der Waals surface area (Å²) in [4.78, 5) is 16.4. The van der Waals surface area contributed by atoms with Gasteiger partial charge in [-0.1, -0.05) is 6.92 Å². The smallest absolute Gasteiger partial charge is 0.253 e. The van der Waals surface area contributed by atoms with Crippen molar-refractivity contribution in [2.45, 2.75) is 44.8 Å². The third-order valence-corrected chi connectivity index (χ3v) is 3.63. The summed E-state index contributed by atoms with van der Waals surface area (Å²) in [5, 5.41) is 6.23. The normalized spacial score (nSPS) is 21.7. The first-order valence-electron chi connectivity index (χ1n) is 7.26. The highest BCUT2D eigenvalue weighted by Crippen LogP contribution is 2.21. The molecule has 1 aromatic heterocycles. The molecule has 0 bridgehead atoms. The molecule has 0 radical (unpaired) electrons. The lowest BCUT2D eigenvalue weighted by Gasteiger charge is -2.13. The first-order chi connectivity index (χ1) is 9.72. The molecule has 110 valence electrons. The first-order valence-corrected chi connectivity index (χ1v) is 7.26. The molecule has 1 aliphatic rings. The van der Waals surface area contributed by atoms with Crippen LogP contribution in [0, 0.1) is 0 Å². The van der Waals surface area contributed by atoms with Gasteiger partial charge in [0, 0.05) is 25.9 Å². The van der Waals surface area contributed by atoms with Crippen LogP contribution in [-0.2, 0) is 4.74 Å². The average molecular weight is 277 g/mol. The Labute approximate surface area is 120 Å². The summed E-state index contributed by atoms with van der Waals surface area (Å²) in [5.41, 5.74) is 0.605. The van der Waals surface area contributed by atoms with Gasteiger partial charge in [-0.25, -0.2) is 4.98 Å². The molecule has 2 N–H and O–H groups in total. The number of pyridine rings is 1. The molecule has 1 heterocycles. The molecule has 1 fully saturated rings. The Kier molecular flexibility index (Phi) is 5.35. The molecular weight excluding hydrogens is 254 g/mol. The molecule has 1 amide bonds. The SMILES string of the molecule is CCCNc1ccc(C(=O)NC2CCC(OC)C2)cn1. The number of hydrogen-bond acceptors (Lipinski definition) is 4. The van der Waals surface area contributed by atoms with Gasteiger partial charge in [0.15, 0.2) is 0 Å². The molecule has 1 aliphatic carbocycles. The maximum absolute atomic E-state index is 12.1. The molecule has 0 aromatic carbocycles. The lowest BCUT2D eigenvalue weighted by Crippen LogP contribution is -2.33. The zero-order valence-electron chi connectivity index (χ0n) is 12.2. The van der Waals surface area contributed by atoms with E-state index in [-0.39, 0.29) is 18.1 Å². The van der Waals surface area contributed by atoms with Crippen LogP contribution in [0.5, 0.6) is 0 Å². The van der Waals surface area contributed by atoms with Crippen LogP contribution in [0.4, 0.5) is 5.82 Å². The number of nitrogens with one attached hydrogen (secondary N) is 2. The predicted molar refractivity (Wildman–Crippen MR) is 78.9 cm³/mol. The van der Waals surface area contributed by atoms with Gasteiger partial charge in [0.2, 0.25) is 0 Å². The van der Waals surface area contributed by atoms with Gasteiger partial charge < -0.3 is 15.4 Å². The molecule has 2 rings (SSSR count). The number of methoxy groups -OCH3 is 1. The van der Waals surface area contributed by atoms with E-state index in [1.807, 2.05) is 12.1 Å². The number of aromatic nitrogens is 1. The summed E-state index contributed by atoms with van der Waals surface area (Å²) < 4.78 is 5.31. The fraction of sp³-hybridized carbons (Fsp3) is 0.600. The zero-order chi connectivity index (χ0) is 14.4. The van der Waals surface area contributed by atoms with Crippen molar-refractivity contribution in [1.82, 2.24) is 10.3 Å². The molecule has 5 heteroatoms. The van der Waals surface area contributed by atoms with Crippen LogP contribution < -0.4 is 10.6 Å². The summed E-state index contributed by atoms with van der Waals surface area (Å²) >= 11 is 0. The van der Waals surface area contributed by atoms with Gasteiger partial charge in [-0.2, -0.15) is 0 Å². The van der Waals surface area contributed by atoms with Crippen LogP contribution in [0.2, 0.25) is 0 Å². The van der Waals surface area contributed by atoms with Gasteiger partial charge in [-0.3, -0.25) is 4.79 Å². The number of carbonyl (C=O) groups is 1. The van der Waals surface area contributed by atoms with Gasteiger partial charge in [0.25, 0.3) is 5.91 Å². The molecule has 1 saturated carbocycles. The van der Waals surface area contributed by atoms with Gasteiger partial charge in [0.1, 0.15) is 5.82 Å². The molecule has 0 saturated heterocycles. The average Bonchev–Trinajstić information content (AvgIpc) is 2.93. The van der Waals surface area contributed by atoms with Crippen molar-refractivity contribution in [3.63, 3.8) is 0 Å². The highest BCUT2D eigenvalue weighted by molar-refractivity contribution is 5.94. The highest BCUT2D eigenvalue weighted by Gasteiger charge is 2.25. The quantitative estimate of drug-likeness (QED) is 0.836. The van der Waals surface area contributed by atoms with E-state index >= 15 is 0 Å². The van der Waals surface area contributed by atoms with Crippen LogP contribution in [0.1, 0.15) is 43.0 Å². The van der Waals surface area contributed by atoms with E-state index < -0.39 is 0 Å². The standard InChI is InChI=1S/C15H23N3O2/c1-3-8-16-14-7-4-11(10-17-14)15(19)18-12-5-6-13(9-12)20-2/h4,7,10,12-13H,3,5-6,8-9H2,1-2H3,(H,16,17)(H,18,19). The van der Waals surface area contributed by atoms with E-state index in [0.717, 1.165) is 38.0 Å². The van der Waals surface area contributed by atoms with E-state index in [4.69, 9.17) is 4.74 Å². The lowest BCUT2D eigenvalue weighted by atomic mass is 10.2. The van der Waals surface area contributed by atoms with Gasteiger partial charge in [-0.05, 0) is 37.8 Å². The Bertz CT molecular complexity index is 433. The van der Waals surface area contributed by atoms with E-state index in [1.165, 1.54) is 0 Å². The van der Waals surface area contributed by atoms with Crippen molar-refractivity contribution < 1.29 is 9.53 Å². The summed E-state index contributed by atoms with van der Waals surface area (Å²) in [6.07, 6.45) is 5.83. The fourth-order valence-corrected chi connectivity index (χ4v) is 2.44. The van der Waals surface area contributed by atoms with Gasteiger partial charge in [-0.15, -0.1) is 0 Å². The molecule has 1 aromatic rings. The Hall–Kier alpha value is -1.62. The maximum atomic E-state index is 12.1. The largest absolute Gasteiger partial charge is 0.381 e. The van der Waals surface area contributed by atoms with Crippen LogP contribution >= 0.6 is 0 Å². The van der Waals surface area contributed by atoms with E-state index in [0.29, 0.717) is 5.56 Å².